The highest BCUT2D eigenvalue weighted by molar-refractivity contribution is 6.30. The Bertz CT molecular complexity index is 1110. The molecule has 1 N–H and O–H groups in total. The number of hydrogen-bond donors (Lipinski definition) is 1. The highest BCUT2D eigenvalue weighted by Gasteiger charge is 2.14. The Morgan fingerprint density at radius 3 is 2.55 bits per heavy atom. The fourth-order valence-electron chi connectivity index (χ4n) is 3.29. The molecule has 0 saturated heterocycles. The molecule has 146 valence electrons. The van der Waals surface area contributed by atoms with Gasteiger partial charge in [-0.1, -0.05) is 41.9 Å². The number of nitrogens with one attached hydrogen (secondary N) is 1. The lowest BCUT2D eigenvalue weighted by Gasteiger charge is -2.09. The van der Waals surface area contributed by atoms with E-state index in [1.54, 1.807) is 6.20 Å². The Morgan fingerprint density at radius 1 is 0.966 bits per heavy atom. The Balaban J connectivity index is 1.41. The Morgan fingerprint density at radius 2 is 1.76 bits per heavy atom. The van der Waals surface area contributed by atoms with Crippen molar-refractivity contribution in [1.29, 1.82) is 0 Å². The number of benzene rings is 2. The van der Waals surface area contributed by atoms with E-state index in [0.29, 0.717) is 24.4 Å². The molecule has 6 heteroatoms. The number of aryl methyl sites for hydroxylation is 1. The van der Waals surface area contributed by atoms with Gasteiger partial charge in [0.2, 0.25) is 5.91 Å². The van der Waals surface area contributed by atoms with E-state index in [1.807, 2.05) is 71.3 Å². The minimum absolute atomic E-state index is 0.0126. The number of nitrogens with zero attached hydrogens (tertiary/aromatic N) is 3. The van der Waals surface area contributed by atoms with Crippen LogP contribution in [0.2, 0.25) is 5.02 Å². The second kappa shape index (κ2) is 8.88. The molecule has 0 aliphatic heterocycles. The molecule has 4 rings (SSSR count). The molecule has 0 spiro atoms. The summed E-state index contributed by atoms with van der Waals surface area (Å²) in [6, 6.07) is 21.5. The van der Waals surface area contributed by atoms with Crippen LogP contribution in [0.1, 0.15) is 17.8 Å². The first-order valence-electron chi connectivity index (χ1n) is 9.59. The van der Waals surface area contributed by atoms with Crippen LogP contribution in [-0.4, -0.2) is 27.0 Å². The second-order valence-electron chi connectivity index (χ2n) is 6.77. The molecule has 0 saturated carbocycles. The topological polar surface area (TPSA) is 59.8 Å². The molecule has 5 nitrogen and oxygen atoms in total. The predicted molar refractivity (Wildman–Crippen MR) is 115 cm³/mol. The van der Waals surface area contributed by atoms with Gasteiger partial charge in [-0.05, 0) is 48.4 Å². The van der Waals surface area contributed by atoms with Crippen molar-refractivity contribution < 1.29 is 4.79 Å². The van der Waals surface area contributed by atoms with Crippen molar-refractivity contribution in [3.63, 3.8) is 0 Å². The van der Waals surface area contributed by atoms with Gasteiger partial charge in [-0.25, -0.2) is 9.97 Å². The first kappa shape index (κ1) is 19.2. The van der Waals surface area contributed by atoms with Gasteiger partial charge in [-0.15, -0.1) is 0 Å². The summed E-state index contributed by atoms with van der Waals surface area (Å²) in [5.41, 5.74) is 3.77. The molecule has 2 aromatic carbocycles. The number of aromatic nitrogens is 3. The predicted octanol–water partition coefficient (Wildman–Crippen LogP) is 4.37. The second-order valence-corrected chi connectivity index (χ2v) is 7.21. The van der Waals surface area contributed by atoms with Crippen LogP contribution in [0, 0.1) is 0 Å². The van der Waals surface area contributed by atoms with Gasteiger partial charge < -0.3 is 5.32 Å². The summed E-state index contributed by atoms with van der Waals surface area (Å²) in [6.07, 6.45) is 3.45. The zero-order chi connectivity index (χ0) is 20.1. The zero-order valence-corrected chi connectivity index (χ0v) is 16.6. The average molecular weight is 405 g/mol. The molecule has 1 amide bonds. The Kier molecular flexibility index (Phi) is 5.86. The summed E-state index contributed by atoms with van der Waals surface area (Å²) in [6.45, 7) is 0.594. The molecule has 0 aliphatic carbocycles. The largest absolute Gasteiger partial charge is 0.356 e. The lowest BCUT2D eigenvalue weighted by molar-refractivity contribution is -0.121. The molecule has 0 fully saturated rings. The van der Waals surface area contributed by atoms with Crippen molar-refractivity contribution in [2.24, 2.45) is 0 Å². The van der Waals surface area contributed by atoms with Gasteiger partial charge in [0.1, 0.15) is 11.3 Å². The van der Waals surface area contributed by atoms with Crippen LogP contribution in [0.15, 0.2) is 72.9 Å². The first-order chi connectivity index (χ1) is 14.2. The van der Waals surface area contributed by atoms with Gasteiger partial charge in [-0.3, -0.25) is 9.36 Å². The van der Waals surface area contributed by atoms with Crippen LogP contribution in [0.3, 0.4) is 0 Å². The van der Waals surface area contributed by atoms with Crippen molar-refractivity contribution in [3.8, 4) is 5.69 Å². The Labute approximate surface area is 174 Å². The van der Waals surface area contributed by atoms with E-state index in [-0.39, 0.29) is 5.91 Å². The van der Waals surface area contributed by atoms with Crippen LogP contribution in [0.4, 0.5) is 0 Å². The number of fused-ring (bicyclic) bond motifs is 1. The molecule has 0 unspecified atom stereocenters. The lowest BCUT2D eigenvalue weighted by Crippen LogP contribution is -2.26. The van der Waals surface area contributed by atoms with Crippen molar-refractivity contribution in [1.82, 2.24) is 19.9 Å². The number of imidazole rings is 1. The summed E-state index contributed by atoms with van der Waals surface area (Å²) in [5.74, 6) is 0.844. The summed E-state index contributed by atoms with van der Waals surface area (Å²) >= 11 is 5.90. The summed E-state index contributed by atoms with van der Waals surface area (Å²) in [7, 11) is 0. The minimum atomic E-state index is 0.0126. The molecule has 2 aromatic heterocycles. The summed E-state index contributed by atoms with van der Waals surface area (Å²) < 4.78 is 2.02. The number of carbonyl (C=O) groups is 1. The van der Waals surface area contributed by atoms with E-state index in [2.05, 4.69) is 10.3 Å². The maximum absolute atomic E-state index is 12.3. The number of hydrogen-bond acceptors (Lipinski definition) is 3. The molecular formula is C23H21ClN4O. The van der Waals surface area contributed by atoms with Gasteiger partial charge in [-0.2, -0.15) is 0 Å². The maximum atomic E-state index is 12.3. The van der Waals surface area contributed by atoms with Crippen LogP contribution in [0.5, 0.6) is 0 Å². The van der Waals surface area contributed by atoms with Crippen molar-refractivity contribution in [3.05, 3.63) is 89.3 Å². The highest BCUT2D eigenvalue weighted by atomic mass is 35.5. The van der Waals surface area contributed by atoms with Crippen LogP contribution in [-0.2, 0) is 17.6 Å². The van der Waals surface area contributed by atoms with Crippen LogP contribution in [0.25, 0.3) is 16.9 Å². The maximum Gasteiger partial charge on any atom is 0.220 e. The van der Waals surface area contributed by atoms with Gasteiger partial charge >= 0.3 is 0 Å². The number of para-hydroxylation sites is 1. The van der Waals surface area contributed by atoms with Crippen LogP contribution < -0.4 is 5.32 Å². The quantitative estimate of drug-likeness (QED) is 0.497. The molecule has 4 aromatic rings. The number of carbonyl (C=O) groups excluding carboxylic acids is 1. The van der Waals surface area contributed by atoms with Crippen molar-refractivity contribution in [2.75, 3.05) is 6.54 Å². The Hall–Kier alpha value is -3.18. The fourth-order valence-corrected chi connectivity index (χ4v) is 3.41. The van der Waals surface area contributed by atoms with Gasteiger partial charge in [0.05, 0.1) is 0 Å². The minimum Gasteiger partial charge on any atom is -0.356 e. The number of rotatable bonds is 7. The van der Waals surface area contributed by atoms with Gasteiger partial charge in [0.15, 0.2) is 5.65 Å². The average Bonchev–Trinajstić information content (AvgIpc) is 3.13. The first-order valence-corrected chi connectivity index (χ1v) is 9.97. The van der Waals surface area contributed by atoms with E-state index in [1.165, 1.54) is 0 Å². The van der Waals surface area contributed by atoms with Crippen molar-refractivity contribution in [2.45, 2.75) is 19.3 Å². The molecule has 0 aliphatic rings. The summed E-state index contributed by atoms with van der Waals surface area (Å²) in [4.78, 5) is 21.5. The highest BCUT2D eigenvalue weighted by Crippen LogP contribution is 2.20. The molecule has 2 heterocycles. The number of halogens is 1. The third-order valence-corrected chi connectivity index (χ3v) is 4.98. The zero-order valence-electron chi connectivity index (χ0n) is 15.9. The molecule has 29 heavy (non-hydrogen) atoms. The van der Waals surface area contributed by atoms with Crippen molar-refractivity contribution >= 4 is 28.7 Å². The van der Waals surface area contributed by atoms with E-state index in [4.69, 9.17) is 16.6 Å². The van der Waals surface area contributed by atoms with E-state index in [0.717, 1.165) is 34.7 Å². The van der Waals surface area contributed by atoms with Gasteiger partial charge in [0.25, 0.3) is 0 Å². The number of pyridine rings is 1. The number of amides is 1. The van der Waals surface area contributed by atoms with E-state index < -0.39 is 0 Å². The normalized spacial score (nSPS) is 10.9. The SMILES string of the molecule is O=C(CCc1nc2cccnc2n1-c1ccccc1)NCCc1ccc(Cl)cc1. The van der Waals surface area contributed by atoms with E-state index >= 15 is 0 Å². The summed E-state index contributed by atoms with van der Waals surface area (Å²) in [5, 5.41) is 3.70. The standard InChI is InChI=1S/C23H21ClN4O/c24-18-10-8-17(9-11-18)14-16-25-22(29)13-12-21-27-20-7-4-15-26-23(20)28(21)19-5-2-1-3-6-19/h1-11,15H,12-14,16H2,(H,25,29). The monoisotopic (exact) mass is 404 g/mol. The lowest BCUT2D eigenvalue weighted by atomic mass is 10.1. The van der Waals surface area contributed by atoms with E-state index in [9.17, 15) is 4.79 Å². The third-order valence-electron chi connectivity index (χ3n) is 4.72. The third kappa shape index (κ3) is 4.63. The molecule has 0 bridgehead atoms. The molecule has 0 radical (unpaired) electrons. The fraction of sp³-hybridized carbons (Fsp3) is 0.174. The smallest absolute Gasteiger partial charge is 0.220 e. The van der Waals surface area contributed by atoms with Crippen LogP contribution >= 0.6 is 11.6 Å². The molecule has 0 atom stereocenters. The molecular weight excluding hydrogens is 384 g/mol. The van der Waals surface area contributed by atoms with Gasteiger partial charge in [0, 0.05) is 36.3 Å².